The second-order valence-corrected chi connectivity index (χ2v) is 5.11. The number of aryl methyl sites for hydroxylation is 1. The highest BCUT2D eigenvalue weighted by atomic mass is 16.2. The molecule has 0 heterocycles. The Kier molecular flexibility index (Phi) is 5.52. The lowest BCUT2D eigenvalue weighted by atomic mass is 10.1. The third-order valence-corrected chi connectivity index (χ3v) is 2.97. The van der Waals surface area contributed by atoms with Crippen LogP contribution in [0.15, 0.2) is 54.7 Å². The first-order valence-electron chi connectivity index (χ1n) is 7.21. The fraction of sp³-hybridized carbons (Fsp3) is 0.111. The van der Waals surface area contributed by atoms with Gasteiger partial charge >= 0.3 is 6.03 Å². The van der Waals surface area contributed by atoms with E-state index >= 15 is 0 Å². The largest absolute Gasteiger partial charge is 0.326 e. The van der Waals surface area contributed by atoms with Crippen molar-refractivity contribution in [1.29, 1.82) is 0 Å². The molecular weight excluding hydrogens is 290 g/mol. The average molecular weight is 309 g/mol. The number of amides is 3. The van der Waals surface area contributed by atoms with Crippen molar-refractivity contribution in [2.45, 2.75) is 13.8 Å². The van der Waals surface area contributed by atoms with E-state index in [1.54, 1.807) is 30.5 Å². The first kappa shape index (κ1) is 16.3. The van der Waals surface area contributed by atoms with Crippen LogP contribution in [0.5, 0.6) is 0 Å². The molecule has 0 aromatic heterocycles. The lowest BCUT2D eigenvalue weighted by Gasteiger charge is -2.07. The van der Waals surface area contributed by atoms with Crippen molar-refractivity contribution in [2.24, 2.45) is 0 Å². The minimum absolute atomic E-state index is 0.160. The van der Waals surface area contributed by atoms with E-state index in [1.807, 2.05) is 37.3 Å². The van der Waals surface area contributed by atoms with Gasteiger partial charge in [0.1, 0.15) is 0 Å². The normalized spacial score (nSPS) is 10.3. The molecule has 2 aromatic rings. The van der Waals surface area contributed by atoms with Gasteiger partial charge in [0.25, 0.3) is 0 Å². The molecule has 0 spiro atoms. The fourth-order valence-corrected chi connectivity index (χ4v) is 2.03. The number of benzene rings is 2. The summed E-state index contributed by atoms with van der Waals surface area (Å²) in [4.78, 5) is 22.9. The van der Waals surface area contributed by atoms with Gasteiger partial charge in [-0.25, -0.2) is 4.79 Å². The Morgan fingerprint density at radius 3 is 2.35 bits per heavy atom. The molecule has 0 unspecified atom stereocenters. The smallest absolute Gasteiger partial charge is 0.323 e. The molecule has 3 N–H and O–H groups in total. The number of nitrogens with one attached hydrogen (secondary N) is 3. The summed E-state index contributed by atoms with van der Waals surface area (Å²) in [5.74, 6) is -0.160. The van der Waals surface area contributed by atoms with Crippen molar-refractivity contribution >= 4 is 29.4 Å². The molecule has 0 aliphatic carbocycles. The van der Waals surface area contributed by atoms with Crippen LogP contribution in [-0.4, -0.2) is 11.9 Å². The van der Waals surface area contributed by atoms with E-state index in [1.165, 1.54) is 6.92 Å². The summed E-state index contributed by atoms with van der Waals surface area (Å²) < 4.78 is 0. The fourth-order valence-electron chi connectivity index (χ4n) is 2.03. The van der Waals surface area contributed by atoms with E-state index in [4.69, 9.17) is 0 Å². The first-order valence-corrected chi connectivity index (χ1v) is 7.21. The van der Waals surface area contributed by atoms with E-state index in [-0.39, 0.29) is 11.9 Å². The summed E-state index contributed by atoms with van der Waals surface area (Å²) >= 11 is 0. The molecule has 0 bridgehead atoms. The van der Waals surface area contributed by atoms with Gasteiger partial charge in [0, 0.05) is 24.5 Å². The zero-order valence-electron chi connectivity index (χ0n) is 13.1. The molecule has 5 nitrogen and oxygen atoms in total. The molecule has 0 fully saturated rings. The number of hydrogen-bond acceptors (Lipinski definition) is 2. The van der Waals surface area contributed by atoms with Gasteiger partial charge in [-0.05, 0) is 36.8 Å². The summed E-state index contributed by atoms with van der Waals surface area (Å²) in [5, 5.41) is 8.01. The zero-order chi connectivity index (χ0) is 16.7. The molecule has 23 heavy (non-hydrogen) atoms. The Balaban J connectivity index is 1.91. The molecule has 118 valence electrons. The minimum atomic E-state index is -0.353. The van der Waals surface area contributed by atoms with E-state index in [0.717, 1.165) is 11.1 Å². The number of hydrogen-bond donors (Lipinski definition) is 3. The number of rotatable bonds is 4. The van der Waals surface area contributed by atoms with Crippen LogP contribution in [-0.2, 0) is 4.79 Å². The Bertz CT molecular complexity index is 739. The van der Waals surface area contributed by atoms with Crippen LogP contribution in [0.25, 0.3) is 6.08 Å². The average Bonchev–Trinajstić information content (AvgIpc) is 2.47. The number of urea groups is 1. The lowest BCUT2D eigenvalue weighted by molar-refractivity contribution is -0.114. The van der Waals surface area contributed by atoms with Gasteiger partial charge in [-0.2, -0.15) is 0 Å². The zero-order valence-corrected chi connectivity index (χ0v) is 13.1. The highest BCUT2D eigenvalue weighted by Gasteiger charge is 2.01. The molecule has 0 saturated carbocycles. The third-order valence-electron chi connectivity index (χ3n) is 2.97. The molecule has 2 aromatic carbocycles. The van der Waals surface area contributed by atoms with Gasteiger partial charge in [0.2, 0.25) is 5.91 Å². The second kappa shape index (κ2) is 7.79. The molecule has 0 aliphatic heterocycles. The summed E-state index contributed by atoms with van der Waals surface area (Å²) in [6.07, 6.45) is 3.40. The van der Waals surface area contributed by atoms with E-state index in [9.17, 15) is 9.59 Å². The van der Waals surface area contributed by atoms with Crippen LogP contribution in [0.4, 0.5) is 16.2 Å². The predicted molar refractivity (Wildman–Crippen MR) is 93.1 cm³/mol. The van der Waals surface area contributed by atoms with Gasteiger partial charge in [0.15, 0.2) is 0 Å². The molecule has 0 saturated heterocycles. The van der Waals surface area contributed by atoms with E-state index in [2.05, 4.69) is 16.0 Å². The minimum Gasteiger partial charge on any atom is -0.326 e. The lowest BCUT2D eigenvalue weighted by Crippen LogP contribution is -2.23. The molecule has 5 heteroatoms. The SMILES string of the molecule is CC(=O)Nc1cccc(NC(=O)N/C=C/c2cccc(C)c2)c1. The van der Waals surface area contributed by atoms with Crippen molar-refractivity contribution in [3.8, 4) is 0 Å². The monoisotopic (exact) mass is 309 g/mol. The number of carbonyl (C=O) groups is 2. The third kappa shape index (κ3) is 5.67. The molecule has 3 amide bonds. The standard InChI is InChI=1S/C18H19N3O2/c1-13-5-3-6-15(11-13)9-10-19-18(23)21-17-8-4-7-16(12-17)20-14(2)22/h3-12H,1-2H3,(H,20,22)(H2,19,21,23)/b10-9+. The van der Waals surface area contributed by atoms with Crippen molar-refractivity contribution in [3.63, 3.8) is 0 Å². The van der Waals surface area contributed by atoms with Crippen molar-refractivity contribution in [3.05, 3.63) is 65.9 Å². The first-order chi connectivity index (χ1) is 11.0. The van der Waals surface area contributed by atoms with Gasteiger partial charge in [-0.15, -0.1) is 0 Å². The van der Waals surface area contributed by atoms with Crippen molar-refractivity contribution in [2.75, 3.05) is 10.6 Å². The van der Waals surface area contributed by atoms with Gasteiger partial charge in [-0.3, -0.25) is 4.79 Å². The summed E-state index contributed by atoms with van der Waals surface area (Å²) in [6, 6.07) is 14.5. The molecule has 2 rings (SSSR count). The van der Waals surface area contributed by atoms with E-state index < -0.39 is 0 Å². The summed E-state index contributed by atoms with van der Waals surface area (Å²) in [7, 11) is 0. The maximum atomic E-state index is 11.8. The van der Waals surface area contributed by atoms with Crippen LogP contribution in [0.2, 0.25) is 0 Å². The van der Waals surface area contributed by atoms with Crippen molar-refractivity contribution in [1.82, 2.24) is 5.32 Å². The Morgan fingerprint density at radius 2 is 1.65 bits per heavy atom. The Morgan fingerprint density at radius 1 is 0.957 bits per heavy atom. The van der Waals surface area contributed by atoms with Crippen molar-refractivity contribution < 1.29 is 9.59 Å². The topological polar surface area (TPSA) is 70.2 Å². The molecule has 0 atom stereocenters. The van der Waals surface area contributed by atoms with Crippen LogP contribution in [0, 0.1) is 6.92 Å². The summed E-state index contributed by atoms with van der Waals surface area (Å²) in [6.45, 7) is 3.45. The maximum absolute atomic E-state index is 11.8. The second-order valence-electron chi connectivity index (χ2n) is 5.11. The van der Waals surface area contributed by atoms with Gasteiger partial charge < -0.3 is 16.0 Å². The molecule has 0 aliphatic rings. The van der Waals surface area contributed by atoms with Gasteiger partial charge in [0.05, 0.1) is 0 Å². The van der Waals surface area contributed by atoms with E-state index in [0.29, 0.717) is 11.4 Å². The Labute approximate surface area is 135 Å². The van der Waals surface area contributed by atoms with Crippen LogP contribution < -0.4 is 16.0 Å². The molecular formula is C18H19N3O2. The van der Waals surface area contributed by atoms with Gasteiger partial charge in [-0.1, -0.05) is 35.9 Å². The van der Waals surface area contributed by atoms with Crippen LogP contribution >= 0.6 is 0 Å². The highest BCUT2D eigenvalue weighted by Crippen LogP contribution is 2.14. The number of carbonyl (C=O) groups excluding carboxylic acids is 2. The maximum Gasteiger partial charge on any atom is 0.323 e. The summed E-state index contributed by atoms with van der Waals surface area (Å²) in [5.41, 5.74) is 3.40. The number of anilines is 2. The quantitative estimate of drug-likeness (QED) is 0.805. The predicted octanol–water partition coefficient (Wildman–Crippen LogP) is 3.75. The highest BCUT2D eigenvalue weighted by molar-refractivity contribution is 5.93. The van der Waals surface area contributed by atoms with Crippen LogP contribution in [0.1, 0.15) is 18.1 Å². The van der Waals surface area contributed by atoms with Crippen LogP contribution in [0.3, 0.4) is 0 Å². The Hall–Kier alpha value is -3.08. The molecule has 0 radical (unpaired) electrons.